The summed E-state index contributed by atoms with van der Waals surface area (Å²) in [7, 11) is 1.53. The molecule has 4 rings (SSSR count). The molecule has 0 N–H and O–H groups in total. The van der Waals surface area contributed by atoms with Crippen molar-refractivity contribution in [3.05, 3.63) is 98.6 Å². The van der Waals surface area contributed by atoms with Crippen LogP contribution in [-0.4, -0.2) is 23.2 Å². The fraction of sp³-hybridized carbons (Fsp3) is 0.120. The highest BCUT2D eigenvalue weighted by molar-refractivity contribution is 9.10. The number of amides is 2. The van der Waals surface area contributed by atoms with Crippen molar-refractivity contribution in [2.24, 2.45) is 0 Å². The summed E-state index contributed by atoms with van der Waals surface area (Å²) in [5.74, 6) is 0.0938. The molecule has 1 fully saturated rings. The lowest BCUT2D eigenvalue weighted by atomic mass is 10.1. The third kappa shape index (κ3) is 5.29. The van der Waals surface area contributed by atoms with Crippen LogP contribution in [0.15, 0.2) is 76.1 Å². The van der Waals surface area contributed by atoms with Crippen LogP contribution in [0.1, 0.15) is 16.7 Å². The van der Waals surface area contributed by atoms with Crippen molar-refractivity contribution in [3.63, 3.8) is 0 Å². The summed E-state index contributed by atoms with van der Waals surface area (Å²) in [6, 6.07) is 19.3. The largest absolute Gasteiger partial charge is 0.493 e. The van der Waals surface area contributed by atoms with Crippen LogP contribution >= 0.6 is 27.7 Å². The van der Waals surface area contributed by atoms with Crippen LogP contribution in [0.5, 0.6) is 11.5 Å². The maximum atomic E-state index is 14.0. The van der Waals surface area contributed by atoms with Gasteiger partial charge in [-0.1, -0.05) is 48.5 Å². The second-order valence-corrected chi connectivity index (χ2v) is 9.02. The topological polar surface area (TPSA) is 55.8 Å². The van der Waals surface area contributed by atoms with Gasteiger partial charge in [0.05, 0.1) is 23.0 Å². The molecule has 0 radical (unpaired) electrons. The van der Waals surface area contributed by atoms with E-state index in [1.54, 1.807) is 36.4 Å². The number of rotatable bonds is 7. The van der Waals surface area contributed by atoms with E-state index < -0.39 is 17.0 Å². The molecule has 168 valence electrons. The lowest BCUT2D eigenvalue weighted by Gasteiger charge is -2.14. The summed E-state index contributed by atoms with van der Waals surface area (Å²) >= 11 is 4.33. The Morgan fingerprint density at radius 1 is 1.06 bits per heavy atom. The summed E-state index contributed by atoms with van der Waals surface area (Å²) in [4.78, 5) is 26.5. The van der Waals surface area contributed by atoms with Gasteiger partial charge in [-0.15, -0.1) is 0 Å². The zero-order valence-electron chi connectivity index (χ0n) is 17.6. The van der Waals surface area contributed by atoms with Gasteiger partial charge in [-0.25, -0.2) is 4.39 Å². The van der Waals surface area contributed by atoms with Crippen LogP contribution < -0.4 is 9.47 Å². The van der Waals surface area contributed by atoms with E-state index >= 15 is 0 Å². The highest BCUT2D eigenvalue weighted by Gasteiger charge is 2.35. The van der Waals surface area contributed by atoms with Gasteiger partial charge in [0, 0.05) is 5.56 Å². The van der Waals surface area contributed by atoms with Gasteiger partial charge in [0.1, 0.15) is 12.4 Å². The zero-order valence-corrected chi connectivity index (χ0v) is 20.0. The Morgan fingerprint density at radius 2 is 1.79 bits per heavy atom. The summed E-state index contributed by atoms with van der Waals surface area (Å²) in [6.07, 6.45) is 1.61. The van der Waals surface area contributed by atoms with Crippen LogP contribution in [0.4, 0.5) is 9.18 Å². The molecule has 1 saturated heterocycles. The van der Waals surface area contributed by atoms with Gasteiger partial charge in [0.25, 0.3) is 11.1 Å². The van der Waals surface area contributed by atoms with Crippen LogP contribution in [0.25, 0.3) is 6.08 Å². The number of imide groups is 1. The molecule has 1 aliphatic rings. The van der Waals surface area contributed by atoms with E-state index in [0.717, 1.165) is 22.2 Å². The van der Waals surface area contributed by atoms with E-state index in [2.05, 4.69) is 15.9 Å². The third-order valence-corrected chi connectivity index (χ3v) is 6.43. The molecule has 33 heavy (non-hydrogen) atoms. The van der Waals surface area contributed by atoms with E-state index in [1.165, 1.54) is 13.2 Å². The first kappa shape index (κ1) is 23.1. The molecule has 1 heterocycles. The smallest absolute Gasteiger partial charge is 0.293 e. The van der Waals surface area contributed by atoms with Crippen LogP contribution in [-0.2, 0) is 17.9 Å². The van der Waals surface area contributed by atoms with Crippen molar-refractivity contribution in [2.75, 3.05) is 7.11 Å². The maximum Gasteiger partial charge on any atom is 0.293 e. The predicted molar refractivity (Wildman–Crippen MR) is 129 cm³/mol. The van der Waals surface area contributed by atoms with Crippen molar-refractivity contribution >= 4 is 44.9 Å². The molecule has 3 aromatic carbocycles. The lowest BCUT2D eigenvalue weighted by Crippen LogP contribution is -2.27. The molecule has 0 spiro atoms. The molecule has 8 heteroatoms. The minimum atomic E-state index is -0.465. The first-order chi connectivity index (χ1) is 16.0. The molecular formula is C25H19BrFNO4S. The third-order valence-electron chi connectivity index (χ3n) is 4.94. The number of thioether (sulfide) groups is 1. The average Bonchev–Trinajstić information content (AvgIpc) is 3.07. The standard InChI is InChI=1S/C25H19BrFNO4S/c1-31-21-12-17(11-19(26)23(21)32-15-16-7-3-2-4-8-16)13-22-24(29)28(25(30)33-22)14-18-9-5-6-10-20(18)27/h2-13H,14-15H2,1H3/b22-13-. The highest BCUT2D eigenvalue weighted by atomic mass is 79.9. The monoisotopic (exact) mass is 527 g/mol. The number of halogens is 2. The van der Waals surface area contributed by atoms with Gasteiger partial charge in [-0.2, -0.15) is 0 Å². The van der Waals surface area contributed by atoms with Crippen molar-refractivity contribution < 1.29 is 23.5 Å². The van der Waals surface area contributed by atoms with E-state index in [-0.39, 0.29) is 17.0 Å². The molecular weight excluding hydrogens is 509 g/mol. The Morgan fingerprint density at radius 3 is 2.52 bits per heavy atom. The Hall–Kier alpha value is -3.10. The Labute approximate surface area is 203 Å². The van der Waals surface area contributed by atoms with Gasteiger partial charge in [-0.3, -0.25) is 14.5 Å². The summed E-state index contributed by atoms with van der Waals surface area (Å²) < 4.78 is 26.1. The fourth-order valence-electron chi connectivity index (χ4n) is 3.28. The average molecular weight is 528 g/mol. The summed E-state index contributed by atoms with van der Waals surface area (Å²) in [6.45, 7) is 0.248. The zero-order chi connectivity index (χ0) is 23.4. The molecule has 5 nitrogen and oxygen atoms in total. The van der Waals surface area contributed by atoms with E-state index in [1.807, 2.05) is 30.3 Å². The minimum Gasteiger partial charge on any atom is -0.493 e. The number of benzene rings is 3. The molecule has 0 unspecified atom stereocenters. The second kappa shape index (κ2) is 10.2. The van der Waals surface area contributed by atoms with Gasteiger partial charge >= 0.3 is 0 Å². The first-order valence-electron chi connectivity index (χ1n) is 9.99. The first-order valence-corrected chi connectivity index (χ1v) is 11.6. The van der Waals surface area contributed by atoms with Gasteiger partial charge in [-0.05, 0) is 63.1 Å². The van der Waals surface area contributed by atoms with Gasteiger partial charge in [0.15, 0.2) is 11.5 Å². The number of carbonyl (C=O) groups is 2. The van der Waals surface area contributed by atoms with Crippen molar-refractivity contribution in [2.45, 2.75) is 13.2 Å². The van der Waals surface area contributed by atoms with E-state index in [0.29, 0.717) is 28.1 Å². The number of hydrogen-bond acceptors (Lipinski definition) is 5. The Balaban J connectivity index is 1.54. The fourth-order valence-corrected chi connectivity index (χ4v) is 4.69. The number of nitrogens with zero attached hydrogens (tertiary/aromatic N) is 1. The predicted octanol–water partition coefficient (Wildman–Crippen LogP) is 6.41. The highest BCUT2D eigenvalue weighted by Crippen LogP contribution is 2.39. The molecule has 1 aliphatic heterocycles. The Kier molecular flexibility index (Phi) is 7.15. The van der Waals surface area contributed by atoms with Crippen molar-refractivity contribution in [1.82, 2.24) is 4.90 Å². The van der Waals surface area contributed by atoms with Gasteiger partial charge < -0.3 is 9.47 Å². The van der Waals surface area contributed by atoms with Gasteiger partial charge in [0.2, 0.25) is 0 Å². The number of ether oxygens (including phenoxy) is 2. The molecule has 0 atom stereocenters. The van der Waals surface area contributed by atoms with Crippen molar-refractivity contribution in [3.8, 4) is 11.5 Å². The molecule has 2 amide bonds. The number of carbonyl (C=O) groups excluding carboxylic acids is 2. The number of hydrogen-bond donors (Lipinski definition) is 0. The molecule has 0 aromatic heterocycles. The lowest BCUT2D eigenvalue weighted by molar-refractivity contribution is -0.123. The van der Waals surface area contributed by atoms with Crippen molar-refractivity contribution in [1.29, 1.82) is 0 Å². The van der Waals surface area contributed by atoms with Crippen LogP contribution in [0.3, 0.4) is 0 Å². The molecule has 0 bridgehead atoms. The normalized spacial score (nSPS) is 14.8. The van der Waals surface area contributed by atoms with Crippen LogP contribution in [0, 0.1) is 5.82 Å². The summed E-state index contributed by atoms with van der Waals surface area (Å²) in [5, 5.41) is -0.441. The Bertz CT molecular complexity index is 1230. The van der Waals surface area contributed by atoms with Crippen LogP contribution in [0.2, 0.25) is 0 Å². The minimum absolute atomic E-state index is 0.117. The second-order valence-electron chi connectivity index (χ2n) is 7.17. The summed E-state index contributed by atoms with van der Waals surface area (Å²) in [5.41, 5.74) is 1.95. The quantitative estimate of drug-likeness (QED) is 0.332. The molecule has 0 saturated carbocycles. The maximum absolute atomic E-state index is 14.0. The van der Waals surface area contributed by atoms with E-state index in [4.69, 9.17) is 9.47 Å². The molecule has 0 aliphatic carbocycles. The van der Waals surface area contributed by atoms with E-state index in [9.17, 15) is 14.0 Å². The number of methoxy groups -OCH3 is 1. The SMILES string of the molecule is COc1cc(/C=C2\SC(=O)N(Cc3ccccc3F)C2=O)cc(Br)c1OCc1ccccc1. The molecule has 3 aromatic rings.